The monoisotopic (exact) mass is 432 g/mol. The van der Waals surface area contributed by atoms with E-state index in [0.29, 0.717) is 18.8 Å². The molecule has 0 aromatic heterocycles. The van der Waals surface area contributed by atoms with Gasteiger partial charge in [-0.05, 0) is 92.2 Å². The molecule has 0 amide bonds. The van der Waals surface area contributed by atoms with E-state index in [1.54, 1.807) is 0 Å². The summed E-state index contributed by atoms with van der Waals surface area (Å²) in [7, 11) is 0. The molecule has 4 nitrogen and oxygen atoms in total. The summed E-state index contributed by atoms with van der Waals surface area (Å²) in [5.74, 6) is 2.63. The van der Waals surface area contributed by atoms with E-state index in [0.717, 1.165) is 43.6 Å². The highest BCUT2D eigenvalue weighted by atomic mass is 16.7. The summed E-state index contributed by atoms with van der Waals surface area (Å²) in [4.78, 5) is 12.2. The zero-order valence-electron chi connectivity index (χ0n) is 19.0. The molecule has 1 heterocycles. The number of hydrogen-bond acceptors (Lipinski definition) is 4. The van der Waals surface area contributed by atoms with Crippen molar-refractivity contribution in [2.45, 2.75) is 70.3 Å². The average Bonchev–Trinajstić information content (AvgIpc) is 3.35. The van der Waals surface area contributed by atoms with Gasteiger partial charge >= 0.3 is 0 Å². The summed E-state index contributed by atoms with van der Waals surface area (Å²) < 4.78 is 11.3. The summed E-state index contributed by atoms with van der Waals surface area (Å²) in [5.41, 5.74) is 4.40. The van der Waals surface area contributed by atoms with E-state index in [1.165, 1.54) is 22.3 Å². The predicted octanol–water partition coefficient (Wildman–Crippen LogP) is 5.62. The van der Waals surface area contributed by atoms with E-state index < -0.39 is 5.60 Å². The molecular formula is C28H32O4. The molecule has 2 unspecified atom stereocenters. The van der Waals surface area contributed by atoms with Gasteiger partial charge in [-0.2, -0.15) is 0 Å². The Morgan fingerprint density at radius 3 is 2.81 bits per heavy atom. The summed E-state index contributed by atoms with van der Waals surface area (Å²) >= 11 is 0. The Labute approximate surface area is 190 Å². The van der Waals surface area contributed by atoms with Crippen LogP contribution in [0.1, 0.15) is 70.3 Å². The number of hydrogen-bond donors (Lipinski definition) is 1. The Hall–Kier alpha value is -2.33. The second kappa shape index (κ2) is 7.08. The van der Waals surface area contributed by atoms with E-state index >= 15 is 0 Å². The molecule has 0 spiro atoms. The minimum atomic E-state index is -0.735. The molecule has 4 heteroatoms. The molecule has 2 saturated carbocycles. The molecule has 32 heavy (non-hydrogen) atoms. The van der Waals surface area contributed by atoms with Crippen molar-refractivity contribution in [3.8, 4) is 11.5 Å². The van der Waals surface area contributed by atoms with Gasteiger partial charge in [-0.15, -0.1) is 0 Å². The molecule has 4 aliphatic carbocycles. The number of rotatable bonds is 2. The molecule has 5 atom stereocenters. The van der Waals surface area contributed by atoms with E-state index in [2.05, 4.69) is 38.1 Å². The standard InChI is InChI=1S/C28H32O4/c1-3-11-27(2)12-10-23-21-7-4-17-13-19(29)6-8-20(17)26(21)22(15-28(23,27)30)18-5-9-24-25(14-18)32-16-31-24/h3,5,9,11,13-14,21-23,30H,4,6-8,10,12,15-16H2,1-2H3/t21?,22-,23?,27-,28-/m1/s1. The van der Waals surface area contributed by atoms with Crippen LogP contribution in [0.3, 0.4) is 0 Å². The molecule has 1 aromatic rings. The van der Waals surface area contributed by atoms with Gasteiger partial charge in [-0.3, -0.25) is 4.79 Å². The molecule has 1 aliphatic heterocycles. The topological polar surface area (TPSA) is 55.8 Å². The summed E-state index contributed by atoms with van der Waals surface area (Å²) in [6.07, 6.45) is 12.5. The molecule has 0 bridgehead atoms. The maximum atomic E-state index is 12.4. The van der Waals surface area contributed by atoms with Crippen molar-refractivity contribution in [2.24, 2.45) is 17.3 Å². The zero-order chi connectivity index (χ0) is 22.1. The highest BCUT2D eigenvalue weighted by Crippen LogP contribution is 2.65. The number of ether oxygens (including phenoxy) is 2. The van der Waals surface area contributed by atoms with Crippen molar-refractivity contribution in [1.29, 1.82) is 0 Å². The molecular weight excluding hydrogens is 400 g/mol. The van der Waals surface area contributed by atoms with Crippen LogP contribution in [0.15, 0.2) is 53.1 Å². The highest BCUT2D eigenvalue weighted by Gasteiger charge is 2.62. The number of ketones is 1. The maximum Gasteiger partial charge on any atom is 0.231 e. The lowest BCUT2D eigenvalue weighted by Gasteiger charge is -2.53. The normalized spacial score (nSPS) is 37.9. The largest absolute Gasteiger partial charge is 0.454 e. The minimum absolute atomic E-state index is 0.130. The van der Waals surface area contributed by atoms with Gasteiger partial charge in [0.1, 0.15) is 0 Å². The number of benzene rings is 1. The molecule has 2 fully saturated rings. The SMILES string of the molecule is CC=C[C@]1(C)CCC2C3CCC4=CC(=O)CCC4=C3[C@@H](c3ccc4c(c3)OCO4)C[C@@]21O. The maximum absolute atomic E-state index is 12.4. The Bertz CT molecular complexity index is 1080. The summed E-state index contributed by atoms with van der Waals surface area (Å²) in [5, 5.41) is 12.4. The Morgan fingerprint density at radius 1 is 1.12 bits per heavy atom. The van der Waals surface area contributed by atoms with Gasteiger partial charge in [0.25, 0.3) is 0 Å². The first-order chi connectivity index (χ1) is 15.4. The van der Waals surface area contributed by atoms with Crippen LogP contribution < -0.4 is 9.47 Å². The first kappa shape index (κ1) is 20.3. The van der Waals surface area contributed by atoms with Crippen LogP contribution >= 0.6 is 0 Å². The van der Waals surface area contributed by atoms with E-state index in [1.807, 2.05) is 12.1 Å². The lowest BCUT2D eigenvalue weighted by Crippen LogP contribution is -2.53. The Balaban J connectivity index is 1.53. The fourth-order valence-corrected chi connectivity index (χ4v) is 7.59. The van der Waals surface area contributed by atoms with Crippen LogP contribution in [0.4, 0.5) is 0 Å². The number of carbonyl (C=O) groups is 1. The van der Waals surface area contributed by atoms with Crippen molar-refractivity contribution in [3.05, 3.63) is 58.7 Å². The van der Waals surface area contributed by atoms with Gasteiger partial charge in [-0.1, -0.05) is 30.7 Å². The highest BCUT2D eigenvalue weighted by molar-refractivity contribution is 5.93. The van der Waals surface area contributed by atoms with Gasteiger partial charge in [0.2, 0.25) is 6.79 Å². The molecule has 0 saturated heterocycles. The Kier molecular flexibility index (Phi) is 4.49. The fraction of sp³-hybridized carbons (Fsp3) is 0.536. The van der Waals surface area contributed by atoms with Crippen molar-refractivity contribution in [2.75, 3.05) is 6.79 Å². The lowest BCUT2D eigenvalue weighted by molar-refractivity contribution is -0.115. The van der Waals surface area contributed by atoms with E-state index in [4.69, 9.17) is 9.47 Å². The number of carbonyl (C=O) groups excluding carboxylic acids is 1. The zero-order valence-corrected chi connectivity index (χ0v) is 19.0. The van der Waals surface area contributed by atoms with Crippen molar-refractivity contribution < 1.29 is 19.4 Å². The summed E-state index contributed by atoms with van der Waals surface area (Å²) in [6.45, 7) is 4.57. The third-order valence-corrected chi connectivity index (χ3v) is 9.10. The van der Waals surface area contributed by atoms with Gasteiger partial charge in [-0.25, -0.2) is 0 Å². The van der Waals surface area contributed by atoms with Crippen LogP contribution in [-0.2, 0) is 4.79 Å². The molecule has 1 N–H and O–H groups in total. The number of allylic oxidation sites excluding steroid dienone is 5. The second-order valence-electron chi connectivity index (χ2n) is 10.6. The lowest BCUT2D eigenvalue weighted by atomic mass is 9.53. The van der Waals surface area contributed by atoms with Crippen molar-refractivity contribution in [3.63, 3.8) is 0 Å². The molecule has 0 radical (unpaired) electrons. The number of aliphatic hydroxyl groups is 1. The quantitative estimate of drug-likeness (QED) is 0.616. The number of fused-ring (bicyclic) bond motifs is 5. The average molecular weight is 433 g/mol. The van der Waals surface area contributed by atoms with Crippen LogP contribution in [0.2, 0.25) is 0 Å². The van der Waals surface area contributed by atoms with Gasteiger partial charge < -0.3 is 14.6 Å². The molecule has 5 aliphatic rings. The smallest absolute Gasteiger partial charge is 0.231 e. The minimum Gasteiger partial charge on any atom is -0.454 e. The van der Waals surface area contributed by atoms with E-state index in [9.17, 15) is 9.90 Å². The third kappa shape index (κ3) is 2.75. The van der Waals surface area contributed by atoms with Crippen molar-refractivity contribution >= 4 is 5.78 Å². The van der Waals surface area contributed by atoms with Crippen LogP contribution in [-0.4, -0.2) is 23.3 Å². The van der Waals surface area contributed by atoms with Gasteiger partial charge in [0.05, 0.1) is 5.60 Å². The molecule has 1 aromatic carbocycles. The predicted molar refractivity (Wildman–Crippen MR) is 123 cm³/mol. The van der Waals surface area contributed by atoms with Crippen LogP contribution in [0.25, 0.3) is 0 Å². The Morgan fingerprint density at radius 2 is 1.97 bits per heavy atom. The van der Waals surface area contributed by atoms with Gasteiger partial charge in [0, 0.05) is 17.8 Å². The molecule has 6 rings (SSSR count). The molecule has 168 valence electrons. The van der Waals surface area contributed by atoms with Crippen LogP contribution in [0, 0.1) is 17.3 Å². The first-order valence-electron chi connectivity index (χ1n) is 12.2. The van der Waals surface area contributed by atoms with E-state index in [-0.39, 0.29) is 29.8 Å². The van der Waals surface area contributed by atoms with Crippen molar-refractivity contribution in [1.82, 2.24) is 0 Å². The first-order valence-corrected chi connectivity index (χ1v) is 12.2. The second-order valence-corrected chi connectivity index (χ2v) is 10.6. The summed E-state index contributed by atoms with van der Waals surface area (Å²) in [6, 6.07) is 6.29. The van der Waals surface area contributed by atoms with Crippen LogP contribution in [0.5, 0.6) is 11.5 Å². The fourth-order valence-electron chi connectivity index (χ4n) is 7.59. The third-order valence-electron chi connectivity index (χ3n) is 9.10. The van der Waals surface area contributed by atoms with Gasteiger partial charge in [0.15, 0.2) is 17.3 Å².